The van der Waals surface area contributed by atoms with E-state index in [9.17, 15) is 4.79 Å². The van der Waals surface area contributed by atoms with Crippen LogP contribution in [0.2, 0.25) is 0 Å². The van der Waals surface area contributed by atoms with Crippen molar-refractivity contribution in [3.05, 3.63) is 40.5 Å². The van der Waals surface area contributed by atoms with E-state index in [1.165, 1.54) is 5.56 Å². The van der Waals surface area contributed by atoms with Crippen LogP contribution in [-0.2, 0) is 0 Å². The summed E-state index contributed by atoms with van der Waals surface area (Å²) in [7, 11) is 0. The second-order valence-electron chi connectivity index (χ2n) is 5.45. The van der Waals surface area contributed by atoms with Gasteiger partial charge in [-0.15, -0.1) is 11.3 Å². The molecule has 0 radical (unpaired) electrons. The van der Waals surface area contributed by atoms with Gasteiger partial charge in [-0.25, -0.2) is 4.98 Å². The summed E-state index contributed by atoms with van der Waals surface area (Å²) in [6.07, 6.45) is 0.991. The van der Waals surface area contributed by atoms with Gasteiger partial charge in [0, 0.05) is 19.1 Å². The number of nitrogens with two attached hydrogens (primary N) is 1. The van der Waals surface area contributed by atoms with Crippen molar-refractivity contribution in [1.29, 1.82) is 0 Å². The van der Waals surface area contributed by atoms with Crippen molar-refractivity contribution < 1.29 is 4.79 Å². The molecule has 0 bridgehead atoms. The van der Waals surface area contributed by atoms with Gasteiger partial charge in [0.1, 0.15) is 5.69 Å². The average molecular weight is 301 g/mol. The molecule has 1 aromatic heterocycles. The number of thiazole rings is 1. The Bertz CT molecular complexity index is 661. The minimum Gasteiger partial charge on any atom is -0.333 e. The predicted molar refractivity (Wildman–Crippen MR) is 85.5 cm³/mol. The highest BCUT2D eigenvalue weighted by atomic mass is 32.1. The first kappa shape index (κ1) is 14.2. The lowest BCUT2D eigenvalue weighted by molar-refractivity contribution is 0.0477. The van der Waals surface area contributed by atoms with Crippen molar-refractivity contribution in [2.24, 2.45) is 5.73 Å². The van der Waals surface area contributed by atoms with Crippen molar-refractivity contribution in [3.8, 4) is 10.4 Å². The first-order valence-corrected chi connectivity index (χ1v) is 7.97. The Morgan fingerprint density at radius 1 is 1.38 bits per heavy atom. The van der Waals surface area contributed by atoms with E-state index in [0.717, 1.165) is 28.4 Å². The number of likely N-dealkylation sites (tertiary alicyclic amines) is 1. The Balaban J connectivity index is 1.96. The molecule has 1 aromatic carbocycles. The Kier molecular flexibility index (Phi) is 3.78. The lowest BCUT2D eigenvalue weighted by atomic mass is 10.0. The third-order valence-corrected chi connectivity index (χ3v) is 4.95. The lowest BCUT2D eigenvalue weighted by Crippen LogP contribution is -2.54. The van der Waals surface area contributed by atoms with Crippen LogP contribution in [0.25, 0.3) is 10.4 Å². The fourth-order valence-electron chi connectivity index (χ4n) is 2.56. The van der Waals surface area contributed by atoms with E-state index in [1.54, 1.807) is 11.3 Å². The lowest BCUT2D eigenvalue weighted by Gasteiger charge is -2.40. The Hall–Kier alpha value is -1.72. The summed E-state index contributed by atoms with van der Waals surface area (Å²) in [6.45, 7) is 5.30. The number of nitrogens with zero attached hydrogens (tertiary/aromatic N) is 2. The molecule has 0 aliphatic carbocycles. The van der Waals surface area contributed by atoms with Crippen LogP contribution in [-0.4, -0.2) is 34.9 Å². The van der Waals surface area contributed by atoms with Gasteiger partial charge < -0.3 is 10.6 Å². The molecule has 2 aromatic rings. The van der Waals surface area contributed by atoms with Gasteiger partial charge in [0.25, 0.3) is 5.91 Å². The van der Waals surface area contributed by atoms with Gasteiger partial charge in [-0.05, 0) is 25.8 Å². The van der Waals surface area contributed by atoms with Crippen molar-refractivity contribution >= 4 is 17.2 Å². The first-order valence-electron chi connectivity index (χ1n) is 7.15. The maximum absolute atomic E-state index is 12.7. The van der Waals surface area contributed by atoms with Crippen LogP contribution < -0.4 is 5.73 Å². The standard InChI is InChI=1S/C16H19N3OS/c1-10-3-5-12(6-4-10)15-14(18-11(2)21-15)16(20)19-8-7-13(19)9-17/h3-6,13H,7-9,17H2,1-2H3. The summed E-state index contributed by atoms with van der Waals surface area (Å²) >= 11 is 1.57. The molecule has 21 heavy (non-hydrogen) atoms. The molecule has 2 N–H and O–H groups in total. The number of carbonyl (C=O) groups excluding carboxylic acids is 1. The highest BCUT2D eigenvalue weighted by Gasteiger charge is 2.34. The molecular weight excluding hydrogens is 282 g/mol. The van der Waals surface area contributed by atoms with Crippen molar-refractivity contribution in [2.45, 2.75) is 26.3 Å². The molecule has 3 rings (SSSR count). The highest BCUT2D eigenvalue weighted by molar-refractivity contribution is 7.15. The number of aryl methyl sites for hydroxylation is 2. The minimum atomic E-state index is 0.0108. The van der Waals surface area contributed by atoms with Gasteiger partial charge in [-0.1, -0.05) is 29.8 Å². The largest absolute Gasteiger partial charge is 0.333 e. The van der Waals surface area contributed by atoms with E-state index >= 15 is 0 Å². The fraction of sp³-hybridized carbons (Fsp3) is 0.375. The monoisotopic (exact) mass is 301 g/mol. The molecule has 0 saturated carbocycles. The summed E-state index contributed by atoms with van der Waals surface area (Å²) in [4.78, 5) is 20.0. The predicted octanol–water partition coefficient (Wildman–Crippen LogP) is 2.60. The van der Waals surface area contributed by atoms with Gasteiger partial charge >= 0.3 is 0 Å². The first-order chi connectivity index (χ1) is 10.1. The zero-order chi connectivity index (χ0) is 15.0. The number of carbonyl (C=O) groups is 1. The molecule has 1 amide bonds. The van der Waals surface area contributed by atoms with Gasteiger partial charge in [0.2, 0.25) is 0 Å². The molecule has 5 heteroatoms. The summed E-state index contributed by atoms with van der Waals surface area (Å²) in [5.41, 5.74) is 8.53. The van der Waals surface area contributed by atoms with Crippen molar-refractivity contribution in [2.75, 3.05) is 13.1 Å². The molecule has 1 saturated heterocycles. The SMILES string of the molecule is Cc1ccc(-c2sc(C)nc2C(=O)N2CCC2CN)cc1. The number of hydrogen-bond acceptors (Lipinski definition) is 4. The summed E-state index contributed by atoms with van der Waals surface area (Å²) in [6, 6.07) is 8.39. The van der Waals surface area contributed by atoms with E-state index in [0.29, 0.717) is 12.2 Å². The number of aromatic nitrogens is 1. The van der Waals surface area contributed by atoms with Gasteiger partial charge in [0.05, 0.1) is 9.88 Å². The average Bonchev–Trinajstić information content (AvgIpc) is 2.81. The van der Waals surface area contributed by atoms with E-state index < -0.39 is 0 Å². The summed E-state index contributed by atoms with van der Waals surface area (Å²) < 4.78 is 0. The second-order valence-corrected chi connectivity index (χ2v) is 6.66. The zero-order valence-corrected chi connectivity index (χ0v) is 13.1. The van der Waals surface area contributed by atoms with Crippen LogP contribution in [0.4, 0.5) is 0 Å². The molecule has 1 atom stereocenters. The molecule has 1 unspecified atom stereocenters. The fourth-order valence-corrected chi connectivity index (χ4v) is 3.48. The summed E-state index contributed by atoms with van der Waals surface area (Å²) in [5, 5.41) is 0.916. The third kappa shape index (κ3) is 2.59. The topological polar surface area (TPSA) is 59.2 Å². The van der Waals surface area contributed by atoms with Crippen LogP contribution in [0.5, 0.6) is 0 Å². The molecule has 4 nitrogen and oxygen atoms in total. The highest BCUT2D eigenvalue weighted by Crippen LogP contribution is 2.32. The van der Waals surface area contributed by atoms with Gasteiger partial charge in [-0.2, -0.15) is 0 Å². The Morgan fingerprint density at radius 2 is 2.10 bits per heavy atom. The molecule has 2 heterocycles. The molecular formula is C16H19N3OS. The number of rotatable bonds is 3. The van der Waals surface area contributed by atoms with Gasteiger partial charge in [-0.3, -0.25) is 4.79 Å². The molecule has 1 aliphatic rings. The quantitative estimate of drug-likeness (QED) is 0.948. The van der Waals surface area contributed by atoms with Crippen LogP contribution in [0, 0.1) is 13.8 Å². The second kappa shape index (κ2) is 5.58. The molecule has 0 spiro atoms. The van der Waals surface area contributed by atoms with E-state index in [-0.39, 0.29) is 11.9 Å². The molecule has 1 fully saturated rings. The van der Waals surface area contributed by atoms with Crippen molar-refractivity contribution in [1.82, 2.24) is 9.88 Å². The minimum absolute atomic E-state index is 0.0108. The normalized spacial score (nSPS) is 17.7. The maximum atomic E-state index is 12.7. The smallest absolute Gasteiger partial charge is 0.274 e. The van der Waals surface area contributed by atoms with Crippen LogP contribution >= 0.6 is 11.3 Å². The van der Waals surface area contributed by atoms with Gasteiger partial charge in [0.15, 0.2) is 0 Å². The maximum Gasteiger partial charge on any atom is 0.274 e. The Morgan fingerprint density at radius 3 is 2.67 bits per heavy atom. The van der Waals surface area contributed by atoms with Crippen molar-refractivity contribution in [3.63, 3.8) is 0 Å². The van der Waals surface area contributed by atoms with E-state index in [4.69, 9.17) is 5.73 Å². The number of benzene rings is 1. The van der Waals surface area contributed by atoms with E-state index in [1.807, 2.05) is 11.8 Å². The third-order valence-electron chi connectivity index (χ3n) is 3.93. The van der Waals surface area contributed by atoms with Crippen LogP contribution in [0.15, 0.2) is 24.3 Å². The van der Waals surface area contributed by atoms with Crippen LogP contribution in [0.3, 0.4) is 0 Å². The number of amides is 1. The molecule has 1 aliphatic heterocycles. The Labute approximate surface area is 128 Å². The number of hydrogen-bond donors (Lipinski definition) is 1. The van der Waals surface area contributed by atoms with Crippen LogP contribution in [0.1, 0.15) is 27.5 Å². The van der Waals surface area contributed by atoms with E-state index in [2.05, 4.69) is 36.2 Å². The summed E-state index contributed by atoms with van der Waals surface area (Å²) in [5.74, 6) is 0.0108. The zero-order valence-electron chi connectivity index (χ0n) is 12.3. The molecule has 110 valence electrons.